The number of fused-ring (bicyclic) bond motifs is 5. The quantitative estimate of drug-likeness (QED) is 0.299. The van der Waals surface area contributed by atoms with Crippen molar-refractivity contribution in [2.75, 3.05) is 0 Å². The van der Waals surface area contributed by atoms with Gasteiger partial charge in [-0.2, -0.15) is 0 Å². The number of benzene rings is 5. The fraction of sp³-hybridized carbons (Fsp3) is 0.0370. The molecular weight excluding hydrogens is 340 g/mol. The van der Waals surface area contributed by atoms with Crippen LogP contribution in [0.4, 0.5) is 0 Å². The van der Waals surface area contributed by atoms with Crippen molar-refractivity contribution in [3.63, 3.8) is 0 Å². The summed E-state index contributed by atoms with van der Waals surface area (Å²) in [7, 11) is 0. The fourth-order valence-electron chi connectivity index (χ4n) is 4.25. The Morgan fingerprint density at radius 3 is 2.36 bits per heavy atom. The smallest absolute Gasteiger partial charge is 0.136 e. The van der Waals surface area contributed by atoms with Gasteiger partial charge in [0.1, 0.15) is 11.5 Å². The van der Waals surface area contributed by atoms with Gasteiger partial charge in [0.25, 0.3) is 0 Å². The van der Waals surface area contributed by atoms with E-state index >= 15 is 0 Å². The van der Waals surface area contributed by atoms with Gasteiger partial charge in [0.2, 0.25) is 0 Å². The van der Waals surface area contributed by atoms with Gasteiger partial charge in [0.15, 0.2) is 0 Å². The lowest BCUT2D eigenvalue weighted by atomic mass is 10.0. The van der Waals surface area contributed by atoms with E-state index in [9.17, 15) is 0 Å². The number of hydrogen-bond donors (Lipinski definition) is 0. The summed E-state index contributed by atoms with van der Waals surface area (Å²) in [5.74, 6) is 1.68. The molecule has 0 bridgehead atoms. The molecule has 1 aliphatic rings. The molecule has 0 heterocycles. The van der Waals surface area contributed by atoms with Crippen LogP contribution in [0.5, 0.6) is 11.5 Å². The van der Waals surface area contributed by atoms with Crippen molar-refractivity contribution in [2.24, 2.45) is 0 Å². The summed E-state index contributed by atoms with van der Waals surface area (Å²) < 4.78 is 6.32. The van der Waals surface area contributed by atoms with Crippen LogP contribution in [-0.2, 0) is 6.42 Å². The van der Waals surface area contributed by atoms with E-state index in [0.717, 1.165) is 23.3 Å². The maximum absolute atomic E-state index is 6.32. The van der Waals surface area contributed by atoms with E-state index < -0.39 is 0 Å². The maximum atomic E-state index is 6.32. The molecule has 1 radical (unpaired) electrons. The van der Waals surface area contributed by atoms with Crippen LogP contribution in [0, 0.1) is 6.07 Å². The van der Waals surface area contributed by atoms with Crippen LogP contribution in [0.1, 0.15) is 11.1 Å². The summed E-state index contributed by atoms with van der Waals surface area (Å²) in [6.45, 7) is 0. The zero-order chi connectivity index (χ0) is 18.5. The predicted molar refractivity (Wildman–Crippen MR) is 115 cm³/mol. The molecule has 0 saturated carbocycles. The topological polar surface area (TPSA) is 9.23 Å². The largest absolute Gasteiger partial charge is 0.456 e. The molecular formula is C27H17O. The third-order valence-corrected chi connectivity index (χ3v) is 5.62. The van der Waals surface area contributed by atoms with Crippen LogP contribution in [0.15, 0.2) is 91.0 Å². The second-order valence-corrected chi connectivity index (χ2v) is 7.33. The maximum Gasteiger partial charge on any atom is 0.136 e. The van der Waals surface area contributed by atoms with E-state index in [2.05, 4.69) is 91.0 Å². The lowest BCUT2D eigenvalue weighted by Gasteiger charge is -2.11. The molecule has 5 aromatic rings. The Balaban J connectivity index is 1.42. The number of rotatable bonds is 2. The minimum Gasteiger partial charge on any atom is -0.456 e. The lowest BCUT2D eigenvalue weighted by Crippen LogP contribution is -1.91. The molecule has 1 aliphatic carbocycles. The highest BCUT2D eigenvalue weighted by atomic mass is 16.5. The standard InChI is InChI=1S/C27H17O/c1-2-7-19-15-22-16-23(13-12-20(22)14-18(19)6-1)28-27-11-5-10-25-24-9-4-3-8-21(24)17-26(25)27/h1-15H,17H2. The van der Waals surface area contributed by atoms with Gasteiger partial charge in [-0.3, -0.25) is 0 Å². The molecule has 0 fully saturated rings. The van der Waals surface area contributed by atoms with Crippen LogP contribution < -0.4 is 4.74 Å². The van der Waals surface area contributed by atoms with Crippen molar-refractivity contribution < 1.29 is 4.74 Å². The summed E-state index contributed by atoms with van der Waals surface area (Å²) in [5.41, 5.74) is 5.22. The van der Waals surface area contributed by atoms with E-state index in [4.69, 9.17) is 4.74 Å². The van der Waals surface area contributed by atoms with Crippen molar-refractivity contribution in [2.45, 2.75) is 6.42 Å². The minimum atomic E-state index is 0.757. The summed E-state index contributed by atoms with van der Waals surface area (Å²) in [5, 5.41) is 4.72. The highest BCUT2D eigenvalue weighted by molar-refractivity contribution is 5.98. The van der Waals surface area contributed by atoms with Gasteiger partial charge < -0.3 is 4.74 Å². The molecule has 6 rings (SSSR count). The van der Waals surface area contributed by atoms with E-state index in [0.29, 0.717) is 0 Å². The molecule has 5 aromatic carbocycles. The molecule has 28 heavy (non-hydrogen) atoms. The van der Waals surface area contributed by atoms with E-state index in [1.807, 2.05) is 6.07 Å². The molecule has 0 saturated heterocycles. The SMILES string of the molecule is [c]1c(Oc2cccc3c2Cc2ccccc2-3)ccc2cc3ccccc3cc12. The molecule has 0 aromatic heterocycles. The molecule has 0 spiro atoms. The summed E-state index contributed by atoms with van der Waals surface area (Å²) >= 11 is 0. The molecule has 0 aliphatic heterocycles. The van der Waals surface area contributed by atoms with Crippen molar-refractivity contribution in [1.29, 1.82) is 0 Å². The monoisotopic (exact) mass is 357 g/mol. The molecule has 131 valence electrons. The zero-order valence-electron chi connectivity index (χ0n) is 15.3. The first-order valence-electron chi connectivity index (χ1n) is 9.58. The van der Waals surface area contributed by atoms with Crippen molar-refractivity contribution in [3.05, 3.63) is 108 Å². The molecule has 0 N–H and O–H groups in total. The molecule has 0 amide bonds. The Labute approximate surface area is 163 Å². The van der Waals surface area contributed by atoms with Gasteiger partial charge in [-0.05, 0) is 62.5 Å². The van der Waals surface area contributed by atoms with Gasteiger partial charge in [0.05, 0.1) is 0 Å². The Bertz CT molecular complexity index is 1360. The molecule has 1 heteroatoms. The Morgan fingerprint density at radius 1 is 0.643 bits per heavy atom. The minimum absolute atomic E-state index is 0.757. The fourth-order valence-corrected chi connectivity index (χ4v) is 4.25. The predicted octanol–water partition coefficient (Wildman–Crippen LogP) is 7.16. The van der Waals surface area contributed by atoms with Crippen LogP contribution in [-0.4, -0.2) is 0 Å². The second-order valence-electron chi connectivity index (χ2n) is 7.33. The lowest BCUT2D eigenvalue weighted by molar-refractivity contribution is 0.478. The average Bonchev–Trinajstić information content (AvgIpc) is 3.12. The van der Waals surface area contributed by atoms with Gasteiger partial charge in [0, 0.05) is 18.1 Å². The average molecular weight is 357 g/mol. The summed E-state index contributed by atoms with van der Waals surface area (Å²) in [6, 6.07) is 35.3. The first-order chi connectivity index (χ1) is 13.8. The molecule has 0 unspecified atom stereocenters. The van der Waals surface area contributed by atoms with E-state index in [1.165, 1.54) is 38.4 Å². The van der Waals surface area contributed by atoms with Crippen molar-refractivity contribution in [1.82, 2.24) is 0 Å². The highest BCUT2D eigenvalue weighted by Crippen LogP contribution is 2.42. The van der Waals surface area contributed by atoms with Gasteiger partial charge in [-0.1, -0.05) is 66.7 Å². The summed E-state index contributed by atoms with van der Waals surface area (Å²) in [4.78, 5) is 0. The Kier molecular flexibility index (Phi) is 3.30. The third kappa shape index (κ3) is 2.40. The zero-order valence-corrected chi connectivity index (χ0v) is 15.3. The number of ether oxygens (including phenoxy) is 1. The third-order valence-electron chi connectivity index (χ3n) is 5.62. The number of hydrogen-bond acceptors (Lipinski definition) is 1. The van der Waals surface area contributed by atoms with Crippen LogP contribution >= 0.6 is 0 Å². The van der Waals surface area contributed by atoms with Crippen molar-refractivity contribution >= 4 is 21.5 Å². The Hall–Kier alpha value is -3.58. The van der Waals surface area contributed by atoms with Crippen molar-refractivity contribution in [3.8, 4) is 22.6 Å². The summed E-state index contributed by atoms with van der Waals surface area (Å²) in [6.07, 6.45) is 0.917. The molecule has 0 atom stereocenters. The second kappa shape index (κ2) is 5.97. The van der Waals surface area contributed by atoms with Crippen LogP contribution in [0.25, 0.3) is 32.7 Å². The van der Waals surface area contributed by atoms with E-state index in [-0.39, 0.29) is 0 Å². The van der Waals surface area contributed by atoms with Gasteiger partial charge >= 0.3 is 0 Å². The molecule has 1 nitrogen and oxygen atoms in total. The highest BCUT2D eigenvalue weighted by Gasteiger charge is 2.21. The van der Waals surface area contributed by atoms with Crippen LogP contribution in [0.3, 0.4) is 0 Å². The van der Waals surface area contributed by atoms with E-state index in [1.54, 1.807) is 0 Å². The van der Waals surface area contributed by atoms with Gasteiger partial charge in [-0.15, -0.1) is 0 Å². The normalized spacial score (nSPS) is 12.1. The Morgan fingerprint density at radius 2 is 1.43 bits per heavy atom. The van der Waals surface area contributed by atoms with Crippen LogP contribution in [0.2, 0.25) is 0 Å². The first-order valence-corrected chi connectivity index (χ1v) is 9.58. The van der Waals surface area contributed by atoms with Gasteiger partial charge in [-0.25, -0.2) is 0 Å². The first kappa shape index (κ1) is 15.5.